The molecular weight excluding hydrogens is 312 g/mol. The van der Waals surface area contributed by atoms with Crippen LogP contribution in [0.4, 0.5) is 16.2 Å². The van der Waals surface area contributed by atoms with E-state index in [9.17, 15) is 9.90 Å². The van der Waals surface area contributed by atoms with E-state index >= 15 is 0 Å². The van der Waals surface area contributed by atoms with E-state index in [4.69, 9.17) is 0 Å². The van der Waals surface area contributed by atoms with Crippen LogP contribution in [-0.2, 0) is 12.8 Å². The number of aliphatic hydroxyl groups is 1. The fourth-order valence-corrected chi connectivity index (χ4v) is 3.50. The Labute approximate surface area is 146 Å². The van der Waals surface area contributed by atoms with Gasteiger partial charge in [-0.25, -0.2) is 4.79 Å². The second-order valence-electron chi connectivity index (χ2n) is 6.45. The van der Waals surface area contributed by atoms with Gasteiger partial charge >= 0.3 is 6.03 Å². The lowest BCUT2D eigenvalue weighted by molar-refractivity contribution is 0.159. The van der Waals surface area contributed by atoms with Gasteiger partial charge in [0.1, 0.15) is 0 Å². The molecule has 3 N–H and O–H groups in total. The second-order valence-corrected chi connectivity index (χ2v) is 6.45. The molecule has 4 nitrogen and oxygen atoms in total. The summed E-state index contributed by atoms with van der Waals surface area (Å²) in [5.74, 6) is 0. The molecule has 126 valence electrons. The zero-order valence-corrected chi connectivity index (χ0v) is 13.8. The number of rotatable bonds is 2. The van der Waals surface area contributed by atoms with Gasteiger partial charge in [-0.1, -0.05) is 48.5 Å². The van der Waals surface area contributed by atoms with Crippen molar-refractivity contribution in [1.29, 1.82) is 0 Å². The number of nitrogens with one attached hydrogen (secondary N) is 2. The molecule has 0 bridgehead atoms. The molecule has 0 fully saturated rings. The summed E-state index contributed by atoms with van der Waals surface area (Å²) in [6.45, 7) is 0. The molecule has 0 saturated heterocycles. The number of aryl methyl sites for hydroxylation is 1. The van der Waals surface area contributed by atoms with Gasteiger partial charge in [-0.05, 0) is 41.5 Å². The maximum Gasteiger partial charge on any atom is 0.323 e. The van der Waals surface area contributed by atoms with Crippen LogP contribution >= 0.6 is 0 Å². The number of carbonyl (C=O) groups excluding carboxylic acids is 1. The van der Waals surface area contributed by atoms with Gasteiger partial charge in [-0.3, -0.25) is 0 Å². The minimum Gasteiger partial charge on any atom is -0.393 e. The van der Waals surface area contributed by atoms with Gasteiger partial charge < -0.3 is 15.7 Å². The van der Waals surface area contributed by atoms with Gasteiger partial charge in [0.25, 0.3) is 0 Å². The molecule has 0 heterocycles. The topological polar surface area (TPSA) is 61.4 Å². The average molecular weight is 332 g/mol. The molecule has 0 aromatic heterocycles. The number of aliphatic hydroxyl groups excluding tert-OH is 1. The molecule has 1 aliphatic carbocycles. The summed E-state index contributed by atoms with van der Waals surface area (Å²) in [6.07, 6.45) is 1.87. The Hall–Kier alpha value is -2.85. The molecule has 0 aliphatic heterocycles. The number of carbonyl (C=O) groups is 1. The predicted molar refractivity (Wildman–Crippen MR) is 101 cm³/mol. The van der Waals surface area contributed by atoms with Crippen molar-refractivity contribution in [1.82, 2.24) is 0 Å². The predicted octanol–water partition coefficient (Wildman–Crippen LogP) is 4.33. The summed E-state index contributed by atoms with van der Waals surface area (Å²) in [5.41, 5.74) is 3.79. The van der Waals surface area contributed by atoms with Gasteiger partial charge in [0.15, 0.2) is 0 Å². The van der Waals surface area contributed by atoms with Crippen LogP contribution in [0.2, 0.25) is 0 Å². The highest BCUT2D eigenvalue weighted by molar-refractivity contribution is 6.06. The molecule has 0 radical (unpaired) electrons. The summed E-state index contributed by atoms with van der Waals surface area (Å²) in [7, 11) is 0. The molecule has 0 unspecified atom stereocenters. The monoisotopic (exact) mass is 332 g/mol. The first-order chi connectivity index (χ1) is 12.2. The largest absolute Gasteiger partial charge is 0.393 e. The molecule has 4 heteroatoms. The number of anilines is 2. The van der Waals surface area contributed by atoms with E-state index in [-0.39, 0.29) is 12.1 Å². The van der Waals surface area contributed by atoms with Crippen molar-refractivity contribution in [3.8, 4) is 0 Å². The highest BCUT2D eigenvalue weighted by Crippen LogP contribution is 2.29. The first-order valence-corrected chi connectivity index (χ1v) is 8.55. The van der Waals surface area contributed by atoms with Crippen LogP contribution in [-0.4, -0.2) is 17.2 Å². The Morgan fingerprint density at radius 3 is 2.56 bits per heavy atom. The lowest BCUT2D eigenvalue weighted by atomic mass is 9.88. The van der Waals surface area contributed by atoms with Crippen molar-refractivity contribution >= 4 is 28.2 Å². The molecule has 1 aliphatic rings. The van der Waals surface area contributed by atoms with Crippen LogP contribution in [0.1, 0.15) is 17.5 Å². The number of hydrogen-bond donors (Lipinski definition) is 3. The van der Waals surface area contributed by atoms with Crippen LogP contribution in [0.3, 0.4) is 0 Å². The minimum atomic E-state index is -0.337. The first kappa shape index (κ1) is 15.7. The number of hydrogen-bond acceptors (Lipinski definition) is 2. The summed E-state index contributed by atoms with van der Waals surface area (Å²) < 4.78 is 0. The van der Waals surface area contributed by atoms with Crippen LogP contribution in [0.15, 0.2) is 60.7 Å². The van der Waals surface area contributed by atoms with Crippen molar-refractivity contribution in [2.75, 3.05) is 10.6 Å². The normalized spacial score (nSPS) is 16.3. The molecule has 3 aromatic carbocycles. The van der Waals surface area contributed by atoms with E-state index in [1.165, 1.54) is 5.56 Å². The standard InChI is InChI=1S/C21H20N2O2/c24-16-12-11-15-7-4-10-20(18(15)13-16)23-21(25)22-19-9-3-6-14-5-1-2-8-17(14)19/h1-10,16,24H,11-13H2,(H2,22,23,25)/t16-/m0/s1. The third kappa shape index (κ3) is 3.21. The Balaban J connectivity index is 1.57. The minimum absolute atomic E-state index is 0.273. The third-order valence-electron chi connectivity index (χ3n) is 4.75. The van der Waals surface area contributed by atoms with Crippen LogP contribution in [0.5, 0.6) is 0 Å². The van der Waals surface area contributed by atoms with Crippen molar-refractivity contribution in [3.05, 3.63) is 71.8 Å². The molecule has 0 saturated carbocycles. The summed E-state index contributed by atoms with van der Waals surface area (Å²) in [4.78, 5) is 12.5. The Bertz CT molecular complexity index is 931. The van der Waals surface area contributed by atoms with Crippen molar-refractivity contribution < 1.29 is 9.90 Å². The maximum atomic E-state index is 12.5. The van der Waals surface area contributed by atoms with Gasteiger partial charge in [0.2, 0.25) is 0 Å². The highest BCUT2D eigenvalue weighted by Gasteiger charge is 2.20. The van der Waals surface area contributed by atoms with Gasteiger partial charge in [-0.15, -0.1) is 0 Å². The quantitative estimate of drug-likeness (QED) is 0.654. The van der Waals surface area contributed by atoms with Gasteiger partial charge in [0, 0.05) is 17.5 Å². The summed E-state index contributed by atoms with van der Waals surface area (Å²) in [5, 5.41) is 17.9. The van der Waals surface area contributed by atoms with Gasteiger partial charge in [0.05, 0.1) is 11.8 Å². The second kappa shape index (κ2) is 6.57. The lowest BCUT2D eigenvalue weighted by Gasteiger charge is -2.23. The fraction of sp³-hybridized carbons (Fsp3) is 0.190. The van der Waals surface area contributed by atoms with E-state index in [0.717, 1.165) is 40.6 Å². The average Bonchev–Trinajstić information content (AvgIpc) is 2.62. The fourth-order valence-electron chi connectivity index (χ4n) is 3.50. The number of urea groups is 1. The summed E-state index contributed by atoms with van der Waals surface area (Å²) >= 11 is 0. The third-order valence-corrected chi connectivity index (χ3v) is 4.75. The van der Waals surface area contributed by atoms with E-state index in [0.29, 0.717) is 6.42 Å². The molecule has 2 amide bonds. The zero-order valence-electron chi connectivity index (χ0n) is 13.8. The van der Waals surface area contributed by atoms with Crippen molar-refractivity contribution in [2.45, 2.75) is 25.4 Å². The SMILES string of the molecule is O=C(Nc1cccc2c1C[C@@H](O)CC2)Nc1cccc2ccccc12. The number of amides is 2. The lowest BCUT2D eigenvalue weighted by Crippen LogP contribution is -2.24. The highest BCUT2D eigenvalue weighted by atomic mass is 16.3. The van der Waals surface area contributed by atoms with E-state index in [1.807, 2.05) is 54.6 Å². The molecule has 3 aromatic rings. The molecule has 4 rings (SSSR count). The molecule has 0 spiro atoms. The van der Waals surface area contributed by atoms with E-state index in [1.54, 1.807) is 0 Å². The van der Waals surface area contributed by atoms with E-state index in [2.05, 4.69) is 16.7 Å². The Morgan fingerprint density at radius 2 is 1.64 bits per heavy atom. The van der Waals surface area contributed by atoms with Crippen molar-refractivity contribution in [2.24, 2.45) is 0 Å². The zero-order chi connectivity index (χ0) is 17.2. The van der Waals surface area contributed by atoms with Crippen LogP contribution < -0.4 is 10.6 Å². The van der Waals surface area contributed by atoms with E-state index < -0.39 is 0 Å². The smallest absolute Gasteiger partial charge is 0.323 e. The molecule has 1 atom stereocenters. The van der Waals surface area contributed by atoms with Crippen LogP contribution in [0, 0.1) is 0 Å². The number of fused-ring (bicyclic) bond motifs is 2. The first-order valence-electron chi connectivity index (χ1n) is 8.55. The molecule has 25 heavy (non-hydrogen) atoms. The van der Waals surface area contributed by atoms with Gasteiger partial charge in [-0.2, -0.15) is 0 Å². The maximum absolute atomic E-state index is 12.5. The van der Waals surface area contributed by atoms with Crippen LogP contribution in [0.25, 0.3) is 10.8 Å². The molecular formula is C21H20N2O2. The Kier molecular flexibility index (Phi) is 4.12. The number of benzene rings is 3. The van der Waals surface area contributed by atoms with Crippen molar-refractivity contribution in [3.63, 3.8) is 0 Å². The summed E-state index contributed by atoms with van der Waals surface area (Å²) in [6, 6.07) is 19.4. The Morgan fingerprint density at radius 1 is 0.920 bits per heavy atom.